The highest BCUT2D eigenvalue weighted by molar-refractivity contribution is 6.03. The fourth-order valence-corrected chi connectivity index (χ4v) is 1.74. The number of carboxylic acids is 1. The first-order valence-electron chi connectivity index (χ1n) is 4.69. The quantitative estimate of drug-likeness (QED) is 0.618. The van der Waals surface area contributed by atoms with Crippen LogP contribution in [0.25, 0.3) is 10.9 Å². The first-order valence-corrected chi connectivity index (χ1v) is 4.69. The molecule has 1 heterocycles. The van der Waals surface area contributed by atoms with Crippen LogP contribution in [0, 0.1) is 10.1 Å². The molecule has 0 atom stereocenters. The maximum Gasteiger partial charge on any atom is 0.416 e. The molecule has 18 heavy (non-hydrogen) atoms. The predicted molar refractivity (Wildman–Crippen MR) is 59.0 cm³/mol. The van der Waals surface area contributed by atoms with Gasteiger partial charge in [0.2, 0.25) is 0 Å². The first kappa shape index (κ1) is 11.6. The molecule has 0 bridgehead atoms. The molecule has 0 radical (unpaired) electrons. The number of aromatic carboxylic acids is 1. The van der Waals surface area contributed by atoms with E-state index in [4.69, 9.17) is 10.2 Å². The Hall–Kier alpha value is -2.90. The average molecular weight is 250 g/mol. The average Bonchev–Trinajstić information content (AvgIpc) is 2.67. The van der Waals surface area contributed by atoms with Gasteiger partial charge in [-0.2, -0.15) is 0 Å². The van der Waals surface area contributed by atoms with E-state index in [1.54, 1.807) is 0 Å². The van der Waals surface area contributed by atoms with Gasteiger partial charge in [-0.25, -0.2) is 14.2 Å². The van der Waals surface area contributed by atoms with Crippen LogP contribution >= 0.6 is 0 Å². The summed E-state index contributed by atoms with van der Waals surface area (Å²) < 4.78 is 0.399. The molecule has 0 fully saturated rings. The highest BCUT2D eigenvalue weighted by Gasteiger charge is 2.25. The van der Waals surface area contributed by atoms with Crippen molar-refractivity contribution in [3.8, 4) is 0 Å². The van der Waals surface area contributed by atoms with Gasteiger partial charge in [0.25, 0.3) is 5.69 Å². The van der Waals surface area contributed by atoms with Gasteiger partial charge in [-0.15, -0.1) is 0 Å². The van der Waals surface area contributed by atoms with Crippen molar-refractivity contribution in [2.45, 2.75) is 0 Å². The standard InChI is InChI=1S/C10H6N2O6/c13-9(14)7-4-5-2-1-3-6(12(17)18)8(5)11(7)10(15)16/h1-4H,(H,13,14)(H,15,16). The van der Waals surface area contributed by atoms with Crippen LogP contribution in [-0.2, 0) is 0 Å². The summed E-state index contributed by atoms with van der Waals surface area (Å²) in [5.74, 6) is -1.47. The summed E-state index contributed by atoms with van der Waals surface area (Å²) in [7, 11) is 0. The fourth-order valence-electron chi connectivity index (χ4n) is 1.74. The zero-order valence-corrected chi connectivity index (χ0v) is 8.73. The van der Waals surface area contributed by atoms with E-state index in [1.165, 1.54) is 12.1 Å². The predicted octanol–water partition coefficient (Wildman–Crippen LogP) is 1.77. The van der Waals surface area contributed by atoms with Crippen LogP contribution in [0.4, 0.5) is 10.5 Å². The number of hydrogen-bond donors (Lipinski definition) is 2. The minimum atomic E-state index is -1.59. The largest absolute Gasteiger partial charge is 0.477 e. The summed E-state index contributed by atoms with van der Waals surface area (Å²) in [5, 5.41) is 28.9. The van der Waals surface area contributed by atoms with Gasteiger partial charge >= 0.3 is 12.1 Å². The van der Waals surface area contributed by atoms with E-state index in [0.717, 1.165) is 12.1 Å². The molecule has 92 valence electrons. The van der Waals surface area contributed by atoms with Crippen molar-refractivity contribution in [1.82, 2.24) is 4.57 Å². The lowest BCUT2D eigenvalue weighted by Crippen LogP contribution is -2.15. The third-order valence-corrected chi connectivity index (χ3v) is 2.41. The summed E-state index contributed by atoms with van der Waals surface area (Å²) in [6.07, 6.45) is -1.59. The number of rotatable bonds is 2. The number of aromatic nitrogens is 1. The van der Waals surface area contributed by atoms with Crippen molar-refractivity contribution in [1.29, 1.82) is 0 Å². The van der Waals surface area contributed by atoms with Crippen LogP contribution in [0.1, 0.15) is 10.5 Å². The highest BCUT2D eigenvalue weighted by atomic mass is 16.6. The first-order chi connectivity index (χ1) is 8.43. The van der Waals surface area contributed by atoms with E-state index in [9.17, 15) is 19.7 Å². The van der Waals surface area contributed by atoms with Crippen LogP contribution < -0.4 is 0 Å². The molecule has 0 saturated carbocycles. The lowest BCUT2D eigenvalue weighted by molar-refractivity contribution is -0.383. The molecule has 2 aromatic rings. The Kier molecular flexibility index (Phi) is 2.47. The van der Waals surface area contributed by atoms with Crippen molar-refractivity contribution in [3.05, 3.63) is 40.1 Å². The van der Waals surface area contributed by atoms with Crippen LogP contribution in [-0.4, -0.2) is 31.8 Å². The van der Waals surface area contributed by atoms with E-state index in [-0.39, 0.29) is 10.9 Å². The molecule has 1 aromatic carbocycles. The topological polar surface area (TPSA) is 123 Å². The second-order valence-corrected chi connectivity index (χ2v) is 3.42. The summed E-state index contributed by atoms with van der Waals surface area (Å²) in [6, 6.07) is 4.97. The third-order valence-electron chi connectivity index (χ3n) is 2.41. The molecule has 0 amide bonds. The van der Waals surface area contributed by atoms with Gasteiger partial charge in [0, 0.05) is 11.5 Å². The Morgan fingerprint density at radius 3 is 2.44 bits per heavy atom. The van der Waals surface area contributed by atoms with E-state index >= 15 is 0 Å². The van der Waals surface area contributed by atoms with Gasteiger partial charge in [0.1, 0.15) is 11.2 Å². The molecule has 8 nitrogen and oxygen atoms in total. The monoisotopic (exact) mass is 250 g/mol. The number of carbonyl (C=O) groups is 2. The van der Waals surface area contributed by atoms with Gasteiger partial charge in [0.05, 0.1) is 4.92 Å². The fraction of sp³-hybridized carbons (Fsp3) is 0. The van der Waals surface area contributed by atoms with Gasteiger partial charge < -0.3 is 10.2 Å². The molecule has 8 heteroatoms. The molecule has 2 rings (SSSR count). The molecule has 0 saturated heterocycles. The highest BCUT2D eigenvalue weighted by Crippen LogP contribution is 2.28. The van der Waals surface area contributed by atoms with Gasteiger partial charge in [-0.3, -0.25) is 10.1 Å². The van der Waals surface area contributed by atoms with Crippen LogP contribution in [0.5, 0.6) is 0 Å². The second-order valence-electron chi connectivity index (χ2n) is 3.42. The maximum absolute atomic E-state index is 11.1. The van der Waals surface area contributed by atoms with Crippen molar-refractivity contribution in [3.63, 3.8) is 0 Å². The summed E-state index contributed by atoms with van der Waals surface area (Å²) in [5.41, 5.74) is -1.23. The Morgan fingerprint density at radius 1 is 1.28 bits per heavy atom. The Labute approximate surface area is 98.8 Å². The third kappa shape index (κ3) is 1.56. The summed E-state index contributed by atoms with van der Waals surface area (Å²) in [6.45, 7) is 0. The Morgan fingerprint density at radius 2 is 1.94 bits per heavy atom. The molecule has 0 spiro atoms. The lowest BCUT2D eigenvalue weighted by atomic mass is 10.2. The summed E-state index contributed by atoms with van der Waals surface area (Å²) >= 11 is 0. The molecule has 0 unspecified atom stereocenters. The number of para-hydroxylation sites is 1. The minimum absolute atomic E-state index is 0.184. The van der Waals surface area contributed by atoms with E-state index in [2.05, 4.69) is 0 Å². The molecular weight excluding hydrogens is 244 g/mol. The Bertz CT molecular complexity index is 687. The number of nitro groups is 1. The molecule has 1 aromatic heterocycles. The van der Waals surface area contributed by atoms with E-state index < -0.39 is 28.4 Å². The van der Waals surface area contributed by atoms with Crippen molar-refractivity contribution in [2.75, 3.05) is 0 Å². The molecule has 2 N–H and O–H groups in total. The number of carboxylic acid groups (broad SMARTS) is 2. The number of nitro benzene ring substituents is 1. The molecule has 0 aliphatic heterocycles. The maximum atomic E-state index is 11.1. The van der Waals surface area contributed by atoms with Crippen molar-refractivity contribution < 1.29 is 24.7 Å². The van der Waals surface area contributed by atoms with Gasteiger partial charge in [-0.1, -0.05) is 12.1 Å². The van der Waals surface area contributed by atoms with E-state index in [0.29, 0.717) is 4.57 Å². The van der Waals surface area contributed by atoms with Crippen LogP contribution in [0.3, 0.4) is 0 Å². The van der Waals surface area contributed by atoms with E-state index in [1.807, 2.05) is 0 Å². The number of nitrogens with zero attached hydrogens (tertiary/aromatic N) is 2. The smallest absolute Gasteiger partial charge is 0.416 e. The number of non-ortho nitro benzene ring substituents is 1. The number of fused-ring (bicyclic) bond motifs is 1. The summed E-state index contributed by atoms with van der Waals surface area (Å²) in [4.78, 5) is 32.0. The SMILES string of the molecule is O=C(O)c1cc2cccc([N+](=O)[O-])c2n1C(=O)O. The van der Waals surface area contributed by atoms with Crippen LogP contribution in [0.2, 0.25) is 0 Å². The molecule has 0 aliphatic carbocycles. The lowest BCUT2D eigenvalue weighted by Gasteiger charge is -2.01. The van der Waals surface area contributed by atoms with Crippen molar-refractivity contribution >= 4 is 28.7 Å². The Balaban J connectivity index is 2.97. The van der Waals surface area contributed by atoms with Gasteiger partial charge in [-0.05, 0) is 6.07 Å². The van der Waals surface area contributed by atoms with Crippen LogP contribution in [0.15, 0.2) is 24.3 Å². The molecular formula is C10H6N2O6. The second kappa shape index (κ2) is 3.84. The van der Waals surface area contributed by atoms with Crippen molar-refractivity contribution in [2.24, 2.45) is 0 Å². The molecule has 0 aliphatic rings. The zero-order chi connectivity index (χ0) is 13.4. The zero-order valence-electron chi connectivity index (χ0n) is 8.73. The number of hydrogen-bond acceptors (Lipinski definition) is 4. The normalized spacial score (nSPS) is 10.4. The minimum Gasteiger partial charge on any atom is -0.477 e. The van der Waals surface area contributed by atoms with Gasteiger partial charge in [0.15, 0.2) is 0 Å². The number of benzene rings is 1.